The van der Waals surface area contributed by atoms with E-state index in [1.54, 1.807) is 0 Å². The van der Waals surface area contributed by atoms with Crippen LogP contribution in [-0.2, 0) is 19.4 Å². The van der Waals surface area contributed by atoms with Crippen LogP contribution in [0.3, 0.4) is 0 Å². The maximum Gasteiger partial charge on any atom is 0.122 e. The van der Waals surface area contributed by atoms with Gasteiger partial charge < -0.3 is 15.4 Å². The maximum atomic E-state index is 5.71. The first kappa shape index (κ1) is 14.0. The van der Waals surface area contributed by atoms with Crippen LogP contribution in [0.4, 0.5) is 5.69 Å². The zero-order chi connectivity index (χ0) is 14.7. The quantitative estimate of drug-likeness (QED) is 0.857. The Morgan fingerprint density at radius 3 is 2.67 bits per heavy atom. The fourth-order valence-corrected chi connectivity index (χ4v) is 2.73. The fraction of sp³-hybridized carbons (Fsp3) is 0.333. The topological polar surface area (TPSA) is 38.5 Å². The number of benzene rings is 2. The third-order valence-electron chi connectivity index (χ3n) is 3.97. The smallest absolute Gasteiger partial charge is 0.122 e. The van der Waals surface area contributed by atoms with E-state index in [1.165, 1.54) is 16.7 Å². The average Bonchev–Trinajstić information content (AvgIpc) is 2.95. The first-order valence-corrected chi connectivity index (χ1v) is 7.48. The van der Waals surface area contributed by atoms with Crippen molar-refractivity contribution in [2.24, 2.45) is 0 Å². The molecule has 0 aliphatic carbocycles. The summed E-state index contributed by atoms with van der Waals surface area (Å²) < 4.78 is 5.55. The third kappa shape index (κ3) is 3.56. The molecule has 1 heterocycles. The fourth-order valence-electron chi connectivity index (χ4n) is 2.73. The molecule has 2 aromatic rings. The van der Waals surface area contributed by atoms with E-state index in [4.69, 9.17) is 10.5 Å². The molecular weight excluding hydrogens is 260 g/mol. The van der Waals surface area contributed by atoms with Crippen molar-refractivity contribution in [3.8, 4) is 5.75 Å². The van der Waals surface area contributed by atoms with Gasteiger partial charge in [-0.25, -0.2) is 0 Å². The van der Waals surface area contributed by atoms with Gasteiger partial charge in [-0.1, -0.05) is 24.3 Å². The van der Waals surface area contributed by atoms with Crippen molar-refractivity contribution >= 4 is 5.69 Å². The highest BCUT2D eigenvalue weighted by Gasteiger charge is 2.12. The lowest BCUT2D eigenvalue weighted by Crippen LogP contribution is -2.20. The minimum absolute atomic E-state index is 0.821. The van der Waals surface area contributed by atoms with E-state index in [1.807, 2.05) is 12.1 Å². The molecule has 3 rings (SSSR count). The summed E-state index contributed by atoms with van der Waals surface area (Å²) in [6, 6.07) is 14.7. The van der Waals surface area contributed by atoms with Crippen LogP contribution in [0.5, 0.6) is 5.75 Å². The minimum Gasteiger partial charge on any atom is -0.493 e. The first-order valence-electron chi connectivity index (χ1n) is 7.48. The van der Waals surface area contributed by atoms with Crippen molar-refractivity contribution in [1.29, 1.82) is 0 Å². The average molecular weight is 282 g/mol. The molecule has 0 spiro atoms. The van der Waals surface area contributed by atoms with Crippen LogP contribution >= 0.6 is 0 Å². The number of nitrogen functional groups attached to an aromatic ring is 1. The van der Waals surface area contributed by atoms with Gasteiger partial charge in [-0.05, 0) is 48.4 Å². The Kier molecular flexibility index (Phi) is 4.11. The number of nitrogens with two attached hydrogens (primary N) is 1. The highest BCUT2D eigenvalue weighted by atomic mass is 16.5. The Hall–Kier alpha value is -2.00. The van der Waals surface area contributed by atoms with Crippen LogP contribution in [0.2, 0.25) is 0 Å². The Labute approximate surface area is 126 Å². The Morgan fingerprint density at radius 2 is 1.86 bits per heavy atom. The van der Waals surface area contributed by atoms with Crippen molar-refractivity contribution in [2.45, 2.75) is 19.4 Å². The van der Waals surface area contributed by atoms with E-state index in [2.05, 4.69) is 42.3 Å². The number of hydrogen-bond donors (Lipinski definition) is 1. The van der Waals surface area contributed by atoms with Crippen LogP contribution in [0.15, 0.2) is 42.5 Å². The number of hydrogen-bond acceptors (Lipinski definition) is 3. The second kappa shape index (κ2) is 6.19. The molecule has 0 bridgehead atoms. The SMILES string of the molecule is CN(CCc1ccc2c(c1)CCO2)Cc1ccc(N)cc1. The molecule has 2 aromatic carbocycles. The molecule has 0 saturated heterocycles. The molecule has 1 aliphatic heterocycles. The number of rotatable bonds is 5. The summed E-state index contributed by atoms with van der Waals surface area (Å²) in [5, 5.41) is 0. The number of anilines is 1. The second-order valence-electron chi connectivity index (χ2n) is 5.77. The molecule has 0 radical (unpaired) electrons. The van der Waals surface area contributed by atoms with Crippen LogP contribution < -0.4 is 10.5 Å². The van der Waals surface area contributed by atoms with Crippen LogP contribution in [-0.4, -0.2) is 25.1 Å². The molecular formula is C18H22N2O. The highest BCUT2D eigenvalue weighted by molar-refractivity contribution is 5.40. The lowest BCUT2D eigenvalue weighted by molar-refractivity contribution is 0.331. The summed E-state index contributed by atoms with van der Waals surface area (Å²) in [6.07, 6.45) is 2.11. The standard InChI is InChI=1S/C18H22N2O/c1-20(13-15-2-5-17(19)6-3-15)10-8-14-4-7-18-16(12-14)9-11-21-18/h2-7,12H,8-11,13,19H2,1H3. The Bertz CT molecular complexity index is 607. The van der Waals surface area contributed by atoms with E-state index in [0.29, 0.717) is 0 Å². The molecule has 2 N–H and O–H groups in total. The van der Waals surface area contributed by atoms with Gasteiger partial charge in [0.05, 0.1) is 6.61 Å². The zero-order valence-electron chi connectivity index (χ0n) is 12.5. The summed E-state index contributed by atoms with van der Waals surface area (Å²) in [5.74, 6) is 1.06. The predicted octanol–water partition coefficient (Wildman–Crippen LogP) is 2.88. The van der Waals surface area contributed by atoms with Crippen LogP contribution in [0.1, 0.15) is 16.7 Å². The molecule has 1 aliphatic rings. The number of ether oxygens (including phenoxy) is 1. The number of fused-ring (bicyclic) bond motifs is 1. The van der Waals surface area contributed by atoms with E-state index in [-0.39, 0.29) is 0 Å². The monoisotopic (exact) mass is 282 g/mol. The zero-order valence-corrected chi connectivity index (χ0v) is 12.5. The second-order valence-corrected chi connectivity index (χ2v) is 5.77. The number of nitrogens with zero attached hydrogens (tertiary/aromatic N) is 1. The van der Waals surface area contributed by atoms with Gasteiger partial charge in [-0.15, -0.1) is 0 Å². The van der Waals surface area contributed by atoms with Crippen LogP contribution in [0.25, 0.3) is 0 Å². The van der Waals surface area contributed by atoms with Crippen molar-refractivity contribution in [3.05, 3.63) is 59.2 Å². The summed E-state index contributed by atoms with van der Waals surface area (Å²) in [4.78, 5) is 2.34. The molecule has 0 fully saturated rings. The lowest BCUT2D eigenvalue weighted by Gasteiger charge is -2.17. The molecule has 21 heavy (non-hydrogen) atoms. The van der Waals surface area contributed by atoms with Crippen molar-refractivity contribution in [1.82, 2.24) is 4.90 Å². The normalized spacial score (nSPS) is 13.2. The Balaban J connectivity index is 1.53. The van der Waals surface area contributed by atoms with Gasteiger partial charge in [0.25, 0.3) is 0 Å². The van der Waals surface area contributed by atoms with Crippen molar-refractivity contribution in [2.75, 3.05) is 25.9 Å². The van der Waals surface area contributed by atoms with Gasteiger partial charge in [-0.3, -0.25) is 0 Å². The molecule has 0 amide bonds. The first-order chi connectivity index (χ1) is 10.2. The van der Waals surface area contributed by atoms with Crippen LogP contribution in [0, 0.1) is 0 Å². The summed E-state index contributed by atoms with van der Waals surface area (Å²) >= 11 is 0. The minimum atomic E-state index is 0.821. The summed E-state index contributed by atoms with van der Waals surface area (Å²) in [7, 11) is 2.16. The lowest BCUT2D eigenvalue weighted by atomic mass is 10.1. The Morgan fingerprint density at radius 1 is 1.10 bits per heavy atom. The van der Waals surface area contributed by atoms with E-state index >= 15 is 0 Å². The predicted molar refractivity (Wildman–Crippen MR) is 86.5 cm³/mol. The molecule has 3 nitrogen and oxygen atoms in total. The molecule has 0 saturated carbocycles. The van der Waals surface area contributed by atoms with Gasteiger partial charge >= 0.3 is 0 Å². The molecule has 0 aromatic heterocycles. The van der Waals surface area contributed by atoms with Crippen molar-refractivity contribution < 1.29 is 4.74 Å². The molecule has 0 unspecified atom stereocenters. The van der Waals surface area contributed by atoms with Gasteiger partial charge in [0.1, 0.15) is 5.75 Å². The van der Waals surface area contributed by atoms with Gasteiger partial charge in [0, 0.05) is 25.2 Å². The summed E-state index contributed by atoms with van der Waals surface area (Å²) in [6.45, 7) is 2.83. The van der Waals surface area contributed by atoms with E-state index in [0.717, 1.165) is 44.0 Å². The molecule has 0 atom stereocenters. The van der Waals surface area contributed by atoms with Crippen molar-refractivity contribution in [3.63, 3.8) is 0 Å². The van der Waals surface area contributed by atoms with Gasteiger partial charge in [0.15, 0.2) is 0 Å². The summed E-state index contributed by atoms with van der Waals surface area (Å²) in [5.41, 5.74) is 10.6. The largest absolute Gasteiger partial charge is 0.493 e. The number of likely N-dealkylation sites (N-methyl/N-ethyl adjacent to an activating group) is 1. The molecule has 110 valence electrons. The third-order valence-corrected chi connectivity index (χ3v) is 3.97. The van der Waals surface area contributed by atoms with Gasteiger partial charge in [0.2, 0.25) is 0 Å². The van der Waals surface area contributed by atoms with E-state index in [9.17, 15) is 0 Å². The van der Waals surface area contributed by atoms with E-state index < -0.39 is 0 Å². The maximum absolute atomic E-state index is 5.71. The molecule has 3 heteroatoms. The highest BCUT2D eigenvalue weighted by Crippen LogP contribution is 2.26. The van der Waals surface area contributed by atoms with Gasteiger partial charge in [-0.2, -0.15) is 0 Å².